The average molecular weight is 296 g/mol. The largest absolute Gasteiger partial charge is 0.353 e. The van der Waals surface area contributed by atoms with E-state index < -0.39 is 0 Å². The first-order valence-corrected chi connectivity index (χ1v) is 8.48. The van der Waals surface area contributed by atoms with Crippen LogP contribution in [0.15, 0.2) is 0 Å². The third kappa shape index (κ3) is 5.24. The molecule has 0 spiro atoms. The van der Waals surface area contributed by atoms with Gasteiger partial charge in [0.25, 0.3) is 0 Å². The van der Waals surface area contributed by atoms with E-state index in [1.54, 1.807) is 0 Å². The molecule has 2 rings (SSSR count). The normalized spacial score (nSPS) is 27.5. The Labute approximate surface area is 129 Å². The summed E-state index contributed by atoms with van der Waals surface area (Å²) in [5.41, 5.74) is 6.09. The molecule has 2 aliphatic rings. The molecule has 2 atom stereocenters. The molecular formula is C16H32N4O. The molecule has 5 heteroatoms. The summed E-state index contributed by atoms with van der Waals surface area (Å²) in [6, 6.07) is 0.0642. The highest BCUT2D eigenvalue weighted by Crippen LogP contribution is 2.26. The molecule has 122 valence electrons. The van der Waals surface area contributed by atoms with Crippen molar-refractivity contribution >= 4 is 5.91 Å². The van der Waals surface area contributed by atoms with Crippen LogP contribution in [0.5, 0.6) is 0 Å². The summed E-state index contributed by atoms with van der Waals surface area (Å²) in [6.45, 7) is 3.87. The van der Waals surface area contributed by atoms with Crippen LogP contribution in [0.1, 0.15) is 38.5 Å². The maximum absolute atomic E-state index is 12.2. The van der Waals surface area contributed by atoms with E-state index in [0.717, 1.165) is 26.1 Å². The molecule has 21 heavy (non-hydrogen) atoms. The van der Waals surface area contributed by atoms with Crippen LogP contribution < -0.4 is 11.1 Å². The molecular weight excluding hydrogens is 264 g/mol. The molecule has 0 radical (unpaired) electrons. The first kappa shape index (κ1) is 16.7. The van der Waals surface area contributed by atoms with Gasteiger partial charge in [-0.05, 0) is 26.4 Å². The molecule has 1 aliphatic heterocycles. The van der Waals surface area contributed by atoms with Gasteiger partial charge >= 0.3 is 0 Å². The van der Waals surface area contributed by atoms with Crippen molar-refractivity contribution in [1.82, 2.24) is 15.1 Å². The Morgan fingerprint density at radius 3 is 2.67 bits per heavy atom. The maximum Gasteiger partial charge on any atom is 0.236 e. The van der Waals surface area contributed by atoms with Crippen LogP contribution >= 0.6 is 0 Å². The van der Waals surface area contributed by atoms with E-state index in [2.05, 4.69) is 29.2 Å². The van der Waals surface area contributed by atoms with Gasteiger partial charge in [-0.3, -0.25) is 9.69 Å². The van der Waals surface area contributed by atoms with Gasteiger partial charge in [-0.15, -0.1) is 0 Å². The number of carbonyl (C=O) groups is 1. The Morgan fingerprint density at radius 2 is 1.95 bits per heavy atom. The minimum absolute atomic E-state index is 0.0298. The maximum atomic E-state index is 12.2. The van der Waals surface area contributed by atoms with Gasteiger partial charge in [-0.25, -0.2) is 0 Å². The molecule has 2 fully saturated rings. The summed E-state index contributed by atoms with van der Waals surface area (Å²) in [6.07, 6.45) is 7.30. The summed E-state index contributed by atoms with van der Waals surface area (Å²) in [5.74, 6) is 0.685. The van der Waals surface area contributed by atoms with Gasteiger partial charge in [0.1, 0.15) is 0 Å². The fourth-order valence-corrected chi connectivity index (χ4v) is 3.56. The third-order valence-corrected chi connectivity index (χ3v) is 5.14. The number of nitrogens with zero attached hydrogens (tertiary/aromatic N) is 2. The molecule has 1 saturated carbocycles. The van der Waals surface area contributed by atoms with Crippen LogP contribution in [0.25, 0.3) is 0 Å². The number of hydrogen-bond acceptors (Lipinski definition) is 4. The van der Waals surface area contributed by atoms with Crippen molar-refractivity contribution in [3.8, 4) is 0 Å². The first-order valence-electron chi connectivity index (χ1n) is 8.48. The molecule has 0 aromatic heterocycles. The SMILES string of the molecule is CN1CCN(C)C(CNC(=O)C(N)CC2CCCCC2)C1. The Morgan fingerprint density at radius 1 is 1.24 bits per heavy atom. The third-order valence-electron chi connectivity index (χ3n) is 5.14. The quantitative estimate of drug-likeness (QED) is 0.782. The van der Waals surface area contributed by atoms with Crippen molar-refractivity contribution in [2.45, 2.75) is 50.6 Å². The standard InChI is InChI=1S/C16H32N4O/c1-19-8-9-20(2)14(12-19)11-18-16(21)15(17)10-13-6-4-3-5-7-13/h13-15H,3-12,17H2,1-2H3,(H,18,21). The Bertz CT molecular complexity index is 330. The number of nitrogens with one attached hydrogen (secondary N) is 1. The van der Waals surface area contributed by atoms with E-state index in [4.69, 9.17) is 5.73 Å². The Kier molecular flexibility index (Phi) is 6.45. The fourth-order valence-electron chi connectivity index (χ4n) is 3.56. The summed E-state index contributed by atoms with van der Waals surface area (Å²) in [7, 11) is 4.27. The molecule has 0 bridgehead atoms. The van der Waals surface area contributed by atoms with Crippen LogP contribution in [-0.2, 0) is 4.79 Å². The summed E-state index contributed by atoms with van der Waals surface area (Å²) in [5, 5.41) is 3.06. The number of carbonyl (C=O) groups excluding carboxylic acids is 1. The highest BCUT2D eigenvalue weighted by molar-refractivity contribution is 5.81. The number of likely N-dealkylation sites (N-methyl/N-ethyl adjacent to an activating group) is 2. The van der Waals surface area contributed by atoms with Crippen molar-refractivity contribution < 1.29 is 4.79 Å². The number of nitrogens with two attached hydrogens (primary N) is 1. The van der Waals surface area contributed by atoms with E-state index in [9.17, 15) is 4.79 Å². The molecule has 1 heterocycles. The average Bonchev–Trinajstić information content (AvgIpc) is 2.49. The van der Waals surface area contributed by atoms with Gasteiger partial charge in [0.15, 0.2) is 0 Å². The zero-order valence-corrected chi connectivity index (χ0v) is 13.7. The summed E-state index contributed by atoms with van der Waals surface area (Å²) in [4.78, 5) is 16.8. The number of amides is 1. The van der Waals surface area contributed by atoms with E-state index in [1.807, 2.05) is 0 Å². The second-order valence-electron chi connectivity index (χ2n) is 6.99. The van der Waals surface area contributed by atoms with Crippen molar-refractivity contribution in [1.29, 1.82) is 0 Å². The zero-order valence-electron chi connectivity index (χ0n) is 13.7. The highest BCUT2D eigenvalue weighted by Gasteiger charge is 2.25. The van der Waals surface area contributed by atoms with Gasteiger partial charge < -0.3 is 16.0 Å². The number of rotatable bonds is 5. The van der Waals surface area contributed by atoms with Crippen LogP contribution in [0.4, 0.5) is 0 Å². The monoisotopic (exact) mass is 296 g/mol. The fraction of sp³-hybridized carbons (Fsp3) is 0.938. The lowest BCUT2D eigenvalue weighted by molar-refractivity contribution is -0.123. The highest BCUT2D eigenvalue weighted by atomic mass is 16.2. The van der Waals surface area contributed by atoms with Crippen LogP contribution in [0.3, 0.4) is 0 Å². The van der Waals surface area contributed by atoms with E-state index in [1.165, 1.54) is 32.1 Å². The molecule has 5 nitrogen and oxygen atoms in total. The van der Waals surface area contributed by atoms with E-state index >= 15 is 0 Å². The van der Waals surface area contributed by atoms with Crippen molar-refractivity contribution in [2.75, 3.05) is 40.3 Å². The van der Waals surface area contributed by atoms with Gasteiger partial charge in [0, 0.05) is 32.2 Å². The van der Waals surface area contributed by atoms with Crippen molar-refractivity contribution in [3.05, 3.63) is 0 Å². The number of piperazine rings is 1. The molecule has 0 aromatic carbocycles. The Balaban J connectivity index is 1.70. The molecule has 3 N–H and O–H groups in total. The first-order chi connectivity index (χ1) is 10.1. The molecule has 1 amide bonds. The summed E-state index contributed by atoms with van der Waals surface area (Å²) < 4.78 is 0. The van der Waals surface area contributed by atoms with Crippen LogP contribution in [-0.4, -0.2) is 68.1 Å². The lowest BCUT2D eigenvalue weighted by Crippen LogP contribution is -2.55. The van der Waals surface area contributed by atoms with Crippen molar-refractivity contribution in [3.63, 3.8) is 0 Å². The second kappa shape index (κ2) is 8.11. The van der Waals surface area contributed by atoms with Crippen molar-refractivity contribution in [2.24, 2.45) is 11.7 Å². The second-order valence-corrected chi connectivity index (χ2v) is 6.99. The van der Waals surface area contributed by atoms with E-state index in [0.29, 0.717) is 18.5 Å². The van der Waals surface area contributed by atoms with E-state index in [-0.39, 0.29) is 11.9 Å². The lowest BCUT2D eigenvalue weighted by atomic mass is 9.85. The predicted octanol–water partition coefficient (Wildman–Crippen LogP) is 0.646. The molecule has 1 aliphatic carbocycles. The van der Waals surface area contributed by atoms with Gasteiger partial charge in [-0.2, -0.15) is 0 Å². The Hall–Kier alpha value is -0.650. The number of hydrogen-bond donors (Lipinski definition) is 2. The minimum Gasteiger partial charge on any atom is -0.353 e. The van der Waals surface area contributed by atoms with Crippen LogP contribution in [0, 0.1) is 5.92 Å². The zero-order chi connectivity index (χ0) is 15.2. The van der Waals surface area contributed by atoms with Gasteiger partial charge in [0.2, 0.25) is 5.91 Å². The molecule has 0 aromatic rings. The van der Waals surface area contributed by atoms with Crippen LogP contribution in [0.2, 0.25) is 0 Å². The molecule has 2 unspecified atom stereocenters. The minimum atomic E-state index is -0.334. The molecule has 1 saturated heterocycles. The smallest absolute Gasteiger partial charge is 0.236 e. The predicted molar refractivity (Wildman–Crippen MR) is 86.1 cm³/mol. The van der Waals surface area contributed by atoms with Gasteiger partial charge in [-0.1, -0.05) is 32.1 Å². The van der Waals surface area contributed by atoms with Gasteiger partial charge in [0.05, 0.1) is 6.04 Å². The summed E-state index contributed by atoms with van der Waals surface area (Å²) >= 11 is 0. The lowest BCUT2D eigenvalue weighted by Gasteiger charge is -2.37. The topological polar surface area (TPSA) is 61.6 Å².